The molecule has 0 atom stereocenters. The van der Waals surface area contributed by atoms with Crippen molar-refractivity contribution in [1.82, 2.24) is 14.7 Å². The lowest BCUT2D eigenvalue weighted by molar-refractivity contribution is -0.116. The van der Waals surface area contributed by atoms with Crippen LogP contribution in [-0.2, 0) is 16.6 Å². The number of nitrogens with one attached hydrogen (secondary N) is 2. The van der Waals surface area contributed by atoms with E-state index in [0.29, 0.717) is 28.8 Å². The maximum absolute atomic E-state index is 13.1. The molecule has 1 aromatic heterocycles. The molecular formula is C27H34ClN5O2. The number of hydrogen-bond acceptors (Lipinski definition) is 3. The Labute approximate surface area is 212 Å². The summed E-state index contributed by atoms with van der Waals surface area (Å²) in [4.78, 5) is 27.5. The predicted molar refractivity (Wildman–Crippen MR) is 143 cm³/mol. The third kappa shape index (κ3) is 6.85. The normalized spacial score (nSPS) is 11.3. The van der Waals surface area contributed by atoms with Gasteiger partial charge in [-0.15, -0.1) is 0 Å². The molecule has 8 heteroatoms. The summed E-state index contributed by atoms with van der Waals surface area (Å²) in [6, 6.07) is 16.6. The van der Waals surface area contributed by atoms with Gasteiger partial charge in [0.15, 0.2) is 0 Å². The molecule has 7 nitrogen and oxygen atoms in total. The first kappa shape index (κ1) is 26.3. The van der Waals surface area contributed by atoms with Gasteiger partial charge >= 0.3 is 6.03 Å². The summed E-state index contributed by atoms with van der Waals surface area (Å²) >= 11 is 6.42. The molecule has 0 aliphatic rings. The molecule has 0 aliphatic heterocycles. The third-order valence-electron chi connectivity index (χ3n) is 5.55. The molecule has 0 saturated carbocycles. The summed E-state index contributed by atoms with van der Waals surface area (Å²) in [7, 11) is 0. The van der Waals surface area contributed by atoms with E-state index in [1.54, 1.807) is 10.7 Å². The van der Waals surface area contributed by atoms with Crippen LogP contribution in [0, 0.1) is 0 Å². The Bertz CT molecular complexity index is 1170. The quantitative estimate of drug-likeness (QED) is 0.386. The second kappa shape index (κ2) is 11.4. The zero-order chi connectivity index (χ0) is 25.6. The number of nitrogens with zero attached hydrogens (tertiary/aromatic N) is 3. The lowest BCUT2D eigenvalue weighted by Crippen LogP contribution is -2.41. The highest BCUT2D eigenvalue weighted by Crippen LogP contribution is 2.29. The van der Waals surface area contributed by atoms with Gasteiger partial charge in [-0.25, -0.2) is 9.48 Å². The van der Waals surface area contributed by atoms with Crippen molar-refractivity contribution in [2.75, 3.05) is 23.7 Å². The number of para-hydroxylation sites is 1. The van der Waals surface area contributed by atoms with Crippen molar-refractivity contribution in [3.05, 3.63) is 70.9 Å². The van der Waals surface area contributed by atoms with Crippen LogP contribution in [0.3, 0.4) is 0 Å². The highest BCUT2D eigenvalue weighted by atomic mass is 35.5. The number of urea groups is 1. The number of benzene rings is 2. The van der Waals surface area contributed by atoms with Gasteiger partial charge in [0.1, 0.15) is 12.4 Å². The lowest BCUT2D eigenvalue weighted by atomic mass is 9.92. The molecule has 35 heavy (non-hydrogen) atoms. The maximum atomic E-state index is 13.1. The molecule has 0 fully saturated rings. The molecule has 2 aromatic carbocycles. The lowest BCUT2D eigenvalue weighted by Gasteiger charge is -2.22. The van der Waals surface area contributed by atoms with Gasteiger partial charge < -0.3 is 15.5 Å². The SMILES string of the molecule is CCCN(CC(=O)Nc1cc(C(C)(C)C)nn1-c1ccccc1Cl)C(=O)Nc1ccc(CC)cc1. The highest BCUT2D eigenvalue weighted by molar-refractivity contribution is 6.32. The Morgan fingerprint density at radius 3 is 2.31 bits per heavy atom. The number of carbonyl (C=O) groups is 2. The molecule has 0 unspecified atom stereocenters. The number of hydrogen-bond donors (Lipinski definition) is 2. The van der Waals surface area contributed by atoms with E-state index in [4.69, 9.17) is 16.7 Å². The molecule has 0 saturated heterocycles. The molecule has 0 bridgehead atoms. The Morgan fingerprint density at radius 2 is 1.71 bits per heavy atom. The van der Waals surface area contributed by atoms with Crippen LogP contribution in [0.25, 0.3) is 5.69 Å². The van der Waals surface area contributed by atoms with E-state index in [1.165, 1.54) is 10.5 Å². The summed E-state index contributed by atoms with van der Waals surface area (Å²) in [6.07, 6.45) is 1.65. The molecule has 2 N–H and O–H groups in total. The molecule has 3 amide bonds. The first-order chi connectivity index (χ1) is 16.6. The monoisotopic (exact) mass is 495 g/mol. The summed E-state index contributed by atoms with van der Waals surface area (Å²) in [5.41, 5.74) is 3.14. The van der Waals surface area contributed by atoms with Crippen LogP contribution in [0.2, 0.25) is 5.02 Å². The average molecular weight is 496 g/mol. The molecule has 0 spiro atoms. The van der Waals surface area contributed by atoms with Crippen molar-refractivity contribution in [3.63, 3.8) is 0 Å². The number of halogens is 1. The zero-order valence-electron chi connectivity index (χ0n) is 21.1. The van der Waals surface area contributed by atoms with Crippen molar-refractivity contribution in [2.45, 2.75) is 52.9 Å². The number of anilines is 2. The Kier molecular flexibility index (Phi) is 8.57. The van der Waals surface area contributed by atoms with Crippen molar-refractivity contribution in [1.29, 1.82) is 0 Å². The second-order valence-electron chi connectivity index (χ2n) is 9.48. The summed E-state index contributed by atoms with van der Waals surface area (Å²) in [6.45, 7) is 10.6. The average Bonchev–Trinajstić information content (AvgIpc) is 3.23. The first-order valence-corrected chi connectivity index (χ1v) is 12.3. The van der Waals surface area contributed by atoms with E-state index in [2.05, 4.69) is 38.3 Å². The Hall–Kier alpha value is -3.32. The summed E-state index contributed by atoms with van der Waals surface area (Å²) in [5, 5.41) is 11.1. The van der Waals surface area contributed by atoms with Crippen LogP contribution in [0.4, 0.5) is 16.3 Å². The van der Waals surface area contributed by atoms with Gasteiger partial charge in [-0.3, -0.25) is 4.79 Å². The largest absolute Gasteiger partial charge is 0.322 e. The van der Waals surface area contributed by atoms with Gasteiger partial charge in [0.05, 0.1) is 16.4 Å². The minimum atomic E-state index is -0.318. The fourth-order valence-electron chi connectivity index (χ4n) is 3.55. The van der Waals surface area contributed by atoms with Crippen LogP contribution in [0.15, 0.2) is 54.6 Å². The second-order valence-corrected chi connectivity index (χ2v) is 9.89. The van der Waals surface area contributed by atoms with Crippen LogP contribution in [0.5, 0.6) is 0 Å². The van der Waals surface area contributed by atoms with E-state index >= 15 is 0 Å². The van der Waals surface area contributed by atoms with Crippen LogP contribution in [-0.4, -0.2) is 39.7 Å². The standard InChI is InChI=1S/C27H34ClN5O2/c1-6-16-32(26(35)29-20-14-12-19(7-2)13-15-20)18-25(34)30-24-17-23(27(3,4)5)31-33(24)22-11-9-8-10-21(22)28/h8-15,17H,6-7,16,18H2,1-5H3,(H,29,35)(H,30,34). The van der Waals surface area contributed by atoms with Crippen molar-refractivity contribution >= 4 is 35.0 Å². The molecular weight excluding hydrogens is 462 g/mol. The number of aromatic nitrogens is 2. The summed E-state index contributed by atoms with van der Waals surface area (Å²) in [5.74, 6) is 0.184. The third-order valence-corrected chi connectivity index (χ3v) is 5.87. The van der Waals surface area contributed by atoms with Gasteiger partial charge in [0.2, 0.25) is 5.91 Å². The minimum Gasteiger partial charge on any atom is -0.315 e. The Balaban J connectivity index is 1.78. The smallest absolute Gasteiger partial charge is 0.315 e. The van der Waals surface area contributed by atoms with E-state index in [-0.39, 0.29) is 23.9 Å². The van der Waals surface area contributed by atoms with Crippen LogP contribution < -0.4 is 10.6 Å². The molecule has 3 aromatic rings. The van der Waals surface area contributed by atoms with Crippen molar-refractivity contribution in [2.24, 2.45) is 0 Å². The fraction of sp³-hybridized carbons (Fsp3) is 0.370. The molecule has 0 radical (unpaired) electrons. The number of rotatable bonds is 8. The van der Waals surface area contributed by atoms with Crippen LogP contribution >= 0.6 is 11.6 Å². The van der Waals surface area contributed by atoms with Gasteiger partial charge in [0, 0.05) is 23.7 Å². The molecule has 186 valence electrons. The van der Waals surface area contributed by atoms with Crippen molar-refractivity contribution in [3.8, 4) is 5.69 Å². The molecule has 3 rings (SSSR count). The van der Waals surface area contributed by atoms with E-state index < -0.39 is 0 Å². The number of carbonyl (C=O) groups excluding carboxylic acids is 2. The van der Waals surface area contributed by atoms with E-state index in [1.807, 2.05) is 55.5 Å². The molecule has 0 aliphatic carbocycles. The minimum absolute atomic E-state index is 0.0920. The van der Waals surface area contributed by atoms with E-state index in [9.17, 15) is 9.59 Å². The Morgan fingerprint density at radius 1 is 1.03 bits per heavy atom. The first-order valence-electron chi connectivity index (χ1n) is 11.9. The van der Waals surface area contributed by atoms with Gasteiger partial charge in [0.25, 0.3) is 0 Å². The topological polar surface area (TPSA) is 79.3 Å². The van der Waals surface area contributed by atoms with E-state index in [0.717, 1.165) is 18.5 Å². The number of aryl methyl sites for hydroxylation is 1. The number of amides is 3. The van der Waals surface area contributed by atoms with Gasteiger partial charge in [-0.1, -0.05) is 70.5 Å². The zero-order valence-corrected chi connectivity index (χ0v) is 21.8. The predicted octanol–water partition coefficient (Wildman–Crippen LogP) is 6.27. The van der Waals surface area contributed by atoms with Crippen LogP contribution in [0.1, 0.15) is 52.3 Å². The fourth-order valence-corrected chi connectivity index (χ4v) is 3.76. The maximum Gasteiger partial charge on any atom is 0.322 e. The van der Waals surface area contributed by atoms with Gasteiger partial charge in [-0.05, 0) is 42.7 Å². The van der Waals surface area contributed by atoms with Gasteiger partial charge in [-0.2, -0.15) is 5.10 Å². The van der Waals surface area contributed by atoms with Crippen molar-refractivity contribution < 1.29 is 9.59 Å². The highest BCUT2D eigenvalue weighted by Gasteiger charge is 2.23. The molecule has 1 heterocycles. The summed E-state index contributed by atoms with van der Waals surface area (Å²) < 4.78 is 1.64.